The number of morpholine rings is 1. The second-order valence-electron chi connectivity index (χ2n) is 6.32. The molecule has 1 heterocycles. The van der Waals surface area contributed by atoms with Crippen LogP contribution in [-0.4, -0.2) is 52.1 Å². The van der Waals surface area contributed by atoms with Crippen molar-refractivity contribution in [1.29, 1.82) is 0 Å². The Balaban J connectivity index is 0.00000280. The van der Waals surface area contributed by atoms with Crippen molar-refractivity contribution < 1.29 is 17.9 Å². The lowest BCUT2D eigenvalue weighted by Crippen LogP contribution is -2.40. The summed E-state index contributed by atoms with van der Waals surface area (Å²) in [5.41, 5.74) is 7.78. The highest BCUT2D eigenvalue weighted by molar-refractivity contribution is 7.89. The number of anilines is 1. The molecule has 28 heavy (non-hydrogen) atoms. The minimum atomic E-state index is -3.63. The van der Waals surface area contributed by atoms with Gasteiger partial charge in [0.1, 0.15) is 0 Å². The average Bonchev–Trinajstić information content (AvgIpc) is 2.69. The number of rotatable bonds is 6. The summed E-state index contributed by atoms with van der Waals surface area (Å²) in [7, 11) is -3.63. The molecule has 0 aliphatic carbocycles. The van der Waals surface area contributed by atoms with Crippen molar-refractivity contribution >= 4 is 34.0 Å². The number of sulfonamides is 1. The van der Waals surface area contributed by atoms with Crippen LogP contribution < -0.4 is 10.5 Å². The maximum Gasteiger partial charge on any atom is 0.254 e. The third kappa shape index (κ3) is 5.68. The quantitative estimate of drug-likeness (QED) is 0.685. The molecular weight excluding hydrogens is 402 g/mol. The normalized spacial score (nSPS) is 14.4. The van der Waals surface area contributed by atoms with Crippen LogP contribution in [0, 0.1) is 0 Å². The standard InChI is InChI=1S/C19H23N3O4S.ClH/c20-17-5-1-15(2-6-17)9-10-21-27(24,25)18-7-3-16(4-8-18)19(23)22-11-13-26-14-12-22;/h1-8,21H,9-14,20H2;1H. The van der Waals surface area contributed by atoms with E-state index in [1.165, 1.54) is 12.1 Å². The Bertz CT molecular complexity index is 880. The number of halogens is 1. The van der Waals surface area contributed by atoms with Gasteiger partial charge in [-0.05, 0) is 48.4 Å². The zero-order valence-corrected chi connectivity index (χ0v) is 17.0. The van der Waals surface area contributed by atoms with Gasteiger partial charge in [-0.3, -0.25) is 4.79 Å². The van der Waals surface area contributed by atoms with Crippen LogP contribution in [0.15, 0.2) is 53.4 Å². The third-order valence-corrected chi connectivity index (χ3v) is 5.87. The largest absolute Gasteiger partial charge is 0.399 e. The molecule has 0 aromatic heterocycles. The maximum atomic E-state index is 12.4. The van der Waals surface area contributed by atoms with Crippen LogP contribution in [0.3, 0.4) is 0 Å². The molecule has 0 atom stereocenters. The van der Waals surface area contributed by atoms with E-state index in [9.17, 15) is 13.2 Å². The molecule has 1 aliphatic rings. The lowest BCUT2D eigenvalue weighted by molar-refractivity contribution is 0.0303. The number of ether oxygens (including phenoxy) is 1. The first-order valence-electron chi connectivity index (χ1n) is 8.77. The summed E-state index contributed by atoms with van der Waals surface area (Å²) in [5, 5.41) is 0. The highest BCUT2D eigenvalue weighted by Crippen LogP contribution is 2.13. The van der Waals surface area contributed by atoms with Crippen molar-refractivity contribution in [2.24, 2.45) is 0 Å². The summed E-state index contributed by atoms with van der Waals surface area (Å²) in [6.45, 7) is 2.42. The Hall–Kier alpha value is -2.13. The van der Waals surface area contributed by atoms with Crippen LogP contribution in [-0.2, 0) is 21.2 Å². The Kier molecular flexibility index (Phi) is 7.82. The van der Waals surface area contributed by atoms with Gasteiger partial charge < -0.3 is 15.4 Å². The molecule has 1 saturated heterocycles. The molecule has 3 rings (SSSR count). The molecule has 1 fully saturated rings. The molecule has 0 spiro atoms. The van der Waals surface area contributed by atoms with E-state index in [2.05, 4.69) is 4.72 Å². The highest BCUT2D eigenvalue weighted by atomic mass is 35.5. The first-order valence-corrected chi connectivity index (χ1v) is 10.3. The van der Waals surface area contributed by atoms with Gasteiger partial charge in [0.2, 0.25) is 10.0 Å². The molecule has 2 aromatic carbocycles. The van der Waals surface area contributed by atoms with Crippen LogP contribution >= 0.6 is 12.4 Å². The van der Waals surface area contributed by atoms with Crippen molar-refractivity contribution in [1.82, 2.24) is 9.62 Å². The number of nitrogens with zero attached hydrogens (tertiary/aromatic N) is 1. The van der Waals surface area contributed by atoms with E-state index >= 15 is 0 Å². The fourth-order valence-electron chi connectivity index (χ4n) is 2.82. The zero-order chi connectivity index (χ0) is 19.3. The van der Waals surface area contributed by atoms with E-state index in [1.54, 1.807) is 29.2 Å². The predicted molar refractivity (Wildman–Crippen MR) is 110 cm³/mol. The second kappa shape index (κ2) is 9.88. The number of hydrogen-bond donors (Lipinski definition) is 2. The summed E-state index contributed by atoms with van der Waals surface area (Å²) in [5.74, 6) is -0.112. The molecular formula is C19H24ClN3O4S. The number of nitrogen functional groups attached to an aromatic ring is 1. The van der Waals surface area contributed by atoms with Crippen LogP contribution in [0.1, 0.15) is 15.9 Å². The SMILES string of the molecule is Cl.Nc1ccc(CCNS(=O)(=O)c2ccc(C(=O)N3CCOCC3)cc2)cc1. The summed E-state index contributed by atoms with van der Waals surface area (Å²) in [4.78, 5) is 14.3. The topological polar surface area (TPSA) is 102 Å². The highest BCUT2D eigenvalue weighted by Gasteiger charge is 2.20. The van der Waals surface area contributed by atoms with Gasteiger partial charge in [-0.2, -0.15) is 0 Å². The van der Waals surface area contributed by atoms with E-state index in [-0.39, 0.29) is 29.8 Å². The fraction of sp³-hybridized carbons (Fsp3) is 0.316. The first kappa shape index (κ1) is 22.2. The number of benzene rings is 2. The van der Waals surface area contributed by atoms with Gasteiger partial charge in [-0.25, -0.2) is 13.1 Å². The van der Waals surface area contributed by atoms with Gasteiger partial charge in [0.15, 0.2) is 0 Å². The van der Waals surface area contributed by atoms with Crippen molar-refractivity contribution in [3.05, 3.63) is 59.7 Å². The van der Waals surface area contributed by atoms with Gasteiger partial charge in [0, 0.05) is 30.9 Å². The molecule has 1 amide bonds. The molecule has 2 aromatic rings. The van der Waals surface area contributed by atoms with E-state index in [0.717, 1.165) is 5.56 Å². The van der Waals surface area contributed by atoms with E-state index in [0.29, 0.717) is 44.0 Å². The summed E-state index contributed by atoms with van der Waals surface area (Å²) < 4.78 is 32.6. The minimum Gasteiger partial charge on any atom is -0.399 e. The lowest BCUT2D eigenvalue weighted by atomic mass is 10.1. The first-order chi connectivity index (χ1) is 13.0. The number of nitrogens with one attached hydrogen (secondary N) is 1. The van der Waals surface area contributed by atoms with E-state index in [4.69, 9.17) is 10.5 Å². The molecule has 0 saturated carbocycles. The smallest absolute Gasteiger partial charge is 0.254 e. The number of carbonyl (C=O) groups excluding carboxylic acids is 1. The van der Waals surface area contributed by atoms with Gasteiger partial charge in [-0.15, -0.1) is 12.4 Å². The maximum absolute atomic E-state index is 12.4. The monoisotopic (exact) mass is 425 g/mol. The summed E-state index contributed by atoms with van der Waals surface area (Å²) in [6, 6.07) is 13.3. The van der Waals surface area contributed by atoms with E-state index < -0.39 is 10.0 Å². The van der Waals surface area contributed by atoms with Gasteiger partial charge >= 0.3 is 0 Å². The molecule has 9 heteroatoms. The fourth-order valence-corrected chi connectivity index (χ4v) is 3.85. The van der Waals surface area contributed by atoms with Gasteiger partial charge in [0.05, 0.1) is 18.1 Å². The number of carbonyl (C=O) groups is 1. The Morgan fingerprint density at radius 1 is 1.04 bits per heavy atom. The van der Waals surface area contributed by atoms with Crippen LogP contribution in [0.25, 0.3) is 0 Å². The van der Waals surface area contributed by atoms with Crippen molar-refractivity contribution in [3.8, 4) is 0 Å². The predicted octanol–water partition coefficient (Wildman–Crippen LogP) is 1.68. The zero-order valence-electron chi connectivity index (χ0n) is 15.3. The Morgan fingerprint density at radius 2 is 1.64 bits per heavy atom. The van der Waals surface area contributed by atoms with Gasteiger partial charge in [0.25, 0.3) is 5.91 Å². The average molecular weight is 426 g/mol. The second-order valence-corrected chi connectivity index (χ2v) is 8.09. The van der Waals surface area contributed by atoms with Crippen molar-refractivity contribution in [2.45, 2.75) is 11.3 Å². The van der Waals surface area contributed by atoms with Crippen LogP contribution in [0.5, 0.6) is 0 Å². The summed E-state index contributed by atoms with van der Waals surface area (Å²) in [6.07, 6.45) is 0.563. The molecule has 0 bridgehead atoms. The Labute approximate surface area is 171 Å². The molecule has 7 nitrogen and oxygen atoms in total. The number of amides is 1. The Morgan fingerprint density at radius 3 is 2.25 bits per heavy atom. The molecule has 1 aliphatic heterocycles. The van der Waals surface area contributed by atoms with Crippen LogP contribution in [0.4, 0.5) is 5.69 Å². The van der Waals surface area contributed by atoms with Crippen molar-refractivity contribution in [2.75, 3.05) is 38.6 Å². The summed E-state index contributed by atoms with van der Waals surface area (Å²) >= 11 is 0. The lowest BCUT2D eigenvalue weighted by Gasteiger charge is -2.26. The van der Waals surface area contributed by atoms with Crippen molar-refractivity contribution in [3.63, 3.8) is 0 Å². The molecule has 0 unspecified atom stereocenters. The minimum absolute atomic E-state index is 0. The third-order valence-electron chi connectivity index (χ3n) is 4.40. The number of nitrogens with two attached hydrogens (primary N) is 1. The number of hydrogen-bond acceptors (Lipinski definition) is 5. The van der Waals surface area contributed by atoms with Gasteiger partial charge in [-0.1, -0.05) is 12.1 Å². The van der Waals surface area contributed by atoms with E-state index in [1.807, 2.05) is 12.1 Å². The molecule has 3 N–H and O–H groups in total. The molecule has 152 valence electrons. The van der Waals surface area contributed by atoms with Crippen LogP contribution in [0.2, 0.25) is 0 Å². The molecule has 0 radical (unpaired) electrons.